The van der Waals surface area contributed by atoms with Gasteiger partial charge in [0, 0.05) is 38.2 Å². The van der Waals surface area contributed by atoms with Gasteiger partial charge in [-0.1, -0.05) is 122 Å². The first-order chi connectivity index (χ1) is 26.2. The zero-order valence-corrected chi connectivity index (χ0v) is 28.9. The van der Waals surface area contributed by atoms with Gasteiger partial charge in [0.25, 0.3) is 0 Å². The summed E-state index contributed by atoms with van der Waals surface area (Å²) in [7, 11) is 0. The van der Waals surface area contributed by atoms with E-state index >= 15 is 0 Å². The molecule has 0 fully saturated rings. The van der Waals surface area contributed by atoms with E-state index in [-0.39, 0.29) is 0 Å². The van der Waals surface area contributed by atoms with Gasteiger partial charge in [-0.25, -0.2) is 15.0 Å². The number of hydrogen-bond acceptors (Lipinski definition) is 5. The summed E-state index contributed by atoms with van der Waals surface area (Å²) in [6, 6.07) is 48.0. The first kappa shape index (κ1) is 29.8. The summed E-state index contributed by atoms with van der Waals surface area (Å²) in [6.07, 6.45) is 5.58. The van der Waals surface area contributed by atoms with Crippen molar-refractivity contribution < 1.29 is 8.83 Å². The van der Waals surface area contributed by atoms with Crippen LogP contribution in [0.1, 0.15) is 30.4 Å². The second-order valence-corrected chi connectivity index (χ2v) is 14.0. The largest absolute Gasteiger partial charge is 0.456 e. The number of furan rings is 2. The Morgan fingerprint density at radius 1 is 0.491 bits per heavy atom. The summed E-state index contributed by atoms with van der Waals surface area (Å²) in [5, 5.41) is 6.69. The van der Waals surface area contributed by atoms with E-state index in [0.717, 1.165) is 72.7 Å². The smallest absolute Gasteiger partial charge is 0.164 e. The minimum atomic E-state index is 0.372. The van der Waals surface area contributed by atoms with E-state index in [4.69, 9.17) is 23.8 Å². The molecule has 1 aliphatic carbocycles. The molecule has 0 amide bonds. The van der Waals surface area contributed by atoms with Gasteiger partial charge in [-0.05, 0) is 81.8 Å². The molecule has 0 N–H and O–H groups in total. The molecule has 0 bridgehead atoms. The van der Waals surface area contributed by atoms with E-state index in [2.05, 4.69) is 110 Å². The van der Waals surface area contributed by atoms with Gasteiger partial charge in [0.2, 0.25) is 0 Å². The van der Waals surface area contributed by atoms with Crippen LogP contribution in [0.5, 0.6) is 0 Å². The number of aromatic nitrogens is 3. The fourth-order valence-corrected chi connectivity index (χ4v) is 8.22. The summed E-state index contributed by atoms with van der Waals surface area (Å²) < 4.78 is 13.1. The number of fused-ring (bicyclic) bond motifs is 9. The van der Waals surface area contributed by atoms with Crippen LogP contribution in [0, 0.1) is 0 Å². The summed E-state index contributed by atoms with van der Waals surface area (Å²) in [6.45, 7) is 2.31. The van der Waals surface area contributed by atoms with E-state index in [0.29, 0.717) is 23.4 Å². The van der Waals surface area contributed by atoms with Gasteiger partial charge >= 0.3 is 0 Å². The monoisotopic (exact) mass is 681 g/mol. The molecule has 10 aromatic rings. The van der Waals surface area contributed by atoms with Gasteiger partial charge in [-0.15, -0.1) is 0 Å². The maximum absolute atomic E-state index is 6.64. The Hall–Kier alpha value is -6.85. The lowest BCUT2D eigenvalue weighted by Crippen LogP contribution is -2.02. The van der Waals surface area contributed by atoms with E-state index in [9.17, 15) is 0 Å². The molecule has 0 aliphatic heterocycles. The lowest BCUT2D eigenvalue weighted by molar-refractivity contribution is 0.667. The predicted molar refractivity (Wildman–Crippen MR) is 216 cm³/mol. The van der Waals surface area contributed by atoms with Crippen LogP contribution in [-0.2, 0) is 0 Å². The third kappa shape index (κ3) is 4.74. The minimum Gasteiger partial charge on any atom is -0.456 e. The van der Waals surface area contributed by atoms with Crippen LogP contribution in [0.2, 0.25) is 0 Å². The normalized spacial score (nSPS) is 14.2. The molecule has 0 radical (unpaired) electrons. The van der Waals surface area contributed by atoms with Crippen LogP contribution in [0.25, 0.3) is 106 Å². The summed E-state index contributed by atoms with van der Waals surface area (Å²) in [4.78, 5) is 15.2. The number of rotatable bonds is 4. The van der Waals surface area contributed by atoms with E-state index in [1.54, 1.807) is 0 Å². The molecule has 3 aromatic heterocycles. The molecule has 5 nitrogen and oxygen atoms in total. The quantitative estimate of drug-likeness (QED) is 0.185. The van der Waals surface area contributed by atoms with Crippen molar-refractivity contribution in [2.75, 3.05) is 0 Å². The summed E-state index contributed by atoms with van der Waals surface area (Å²) >= 11 is 0. The molecule has 11 rings (SSSR count). The van der Waals surface area contributed by atoms with Gasteiger partial charge in [-0.3, -0.25) is 0 Å². The molecular weight excluding hydrogens is 651 g/mol. The molecule has 3 heterocycles. The van der Waals surface area contributed by atoms with Crippen LogP contribution < -0.4 is 0 Å². The van der Waals surface area contributed by atoms with Crippen molar-refractivity contribution >= 4 is 60.7 Å². The zero-order chi connectivity index (χ0) is 35.0. The SMILES string of the molecule is CC1CC=Cc2c(-c3ccc4c(c3)oc3cccc(-c5nc(-c6ccccc6)nc(-c6ccc7ccccc7c6)n5)c34)cc3oc4ccccc4c3c21. The number of para-hydroxylation sites is 1. The Morgan fingerprint density at radius 2 is 1.21 bits per heavy atom. The lowest BCUT2D eigenvalue weighted by Gasteiger charge is -2.22. The highest BCUT2D eigenvalue weighted by molar-refractivity contribution is 6.14. The number of benzene rings is 7. The van der Waals surface area contributed by atoms with Crippen molar-refractivity contribution in [3.05, 3.63) is 157 Å². The molecule has 1 aliphatic rings. The van der Waals surface area contributed by atoms with Crippen LogP contribution in [0.4, 0.5) is 0 Å². The third-order valence-corrected chi connectivity index (χ3v) is 10.7. The van der Waals surface area contributed by atoms with Crippen LogP contribution in [0.15, 0.2) is 154 Å². The highest BCUT2D eigenvalue weighted by Gasteiger charge is 2.25. The zero-order valence-electron chi connectivity index (χ0n) is 28.9. The second-order valence-electron chi connectivity index (χ2n) is 14.0. The standard InChI is InChI=1S/C48H31N3O2/c1-28-11-9-17-34-38(27-42-45(43(28)34)35-16-7-8-19-39(35)52-42)32-23-24-36-41(26-32)53-40-20-10-18-37(44(36)40)48-50-46(30-13-3-2-4-14-30)49-47(51-48)33-22-21-29-12-5-6-15-31(29)25-33/h2-10,12-28H,11H2,1H3. The van der Waals surface area contributed by atoms with Gasteiger partial charge in [0.05, 0.1) is 0 Å². The summed E-state index contributed by atoms with van der Waals surface area (Å²) in [5.41, 5.74) is 11.0. The Balaban J connectivity index is 1.10. The summed E-state index contributed by atoms with van der Waals surface area (Å²) in [5.74, 6) is 2.22. The van der Waals surface area contributed by atoms with E-state index in [1.165, 1.54) is 27.3 Å². The molecule has 0 spiro atoms. The van der Waals surface area contributed by atoms with Gasteiger partial charge in [-0.2, -0.15) is 0 Å². The molecule has 1 unspecified atom stereocenters. The van der Waals surface area contributed by atoms with Gasteiger partial charge < -0.3 is 8.83 Å². The van der Waals surface area contributed by atoms with Crippen LogP contribution in [-0.4, -0.2) is 15.0 Å². The van der Waals surface area contributed by atoms with Gasteiger partial charge in [0.15, 0.2) is 17.5 Å². The number of allylic oxidation sites excluding steroid dienone is 1. The Bertz CT molecular complexity index is 3120. The Morgan fingerprint density at radius 3 is 2.11 bits per heavy atom. The molecule has 53 heavy (non-hydrogen) atoms. The number of nitrogens with zero attached hydrogens (tertiary/aromatic N) is 3. The van der Waals surface area contributed by atoms with Crippen molar-refractivity contribution in [1.82, 2.24) is 15.0 Å². The van der Waals surface area contributed by atoms with Crippen molar-refractivity contribution in [2.24, 2.45) is 0 Å². The Kier molecular flexibility index (Phi) is 6.52. The lowest BCUT2D eigenvalue weighted by atomic mass is 9.81. The molecule has 7 aromatic carbocycles. The molecule has 0 saturated heterocycles. The minimum absolute atomic E-state index is 0.372. The first-order valence-electron chi connectivity index (χ1n) is 18.1. The maximum Gasteiger partial charge on any atom is 0.164 e. The maximum atomic E-state index is 6.64. The fraction of sp³-hybridized carbons (Fsp3) is 0.0625. The molecule has 5 heteroatoms. The molecule has 250 valence electrons. The van der Waals surface area contributed by atoms with E-state index in [1.807, 2.05) is 48.5 Å². The topological polar surface area (TPSA) is 65.0 Å². The fourth-order valence-electron chi connectivity index (χ4n) is 8.22. The second kappa shape index (κ2) is 11.6. The molecule has 0 saturated carbocycles. The van der Waals surface area contributed by atoms with Crippen molar-refractivity contribution in [1.29, 1.82) is 0 Å². The Labute approximate surface area is 304 Å². The van der Waals surface area contributed by atoms with Crippen molar-refractivity contribution in [3.8, 4) is 45.3 Å². The third-order valence-electron chi connectivity index (χ3n) is 10.7. The highest BCUT2D eigenvalue weighted by atomic mass is 16.3. The van der Waals surface area contributed by atoms with Crippen LogP contribution >= 0.6 is 0 Å². The first-order valence-corrected chi connectivity index (χ1v) is 18.1. The average molecular weight is 682 g/mol. The van der Waals surface area contributed by atoms with Crippen LogP contribution in [0.3, 0.4) is 0 Å². The number of hydrogen-bond donors (Lipinski definition) is 0. The molecule has 1 atom stereocenters. The highest BCUT2D eigenvalue weighted by Crippen LogP contribution is 2.46. The average Bonchev–Trinajstić information content (AvgIpc) is 3.78. The molecular formula is C48H31N3O2. The van der Waals surface area contributed by atoms with Crippen molar-refractivity contribution in [3.63, 3.8) is 0 Å². The predicted octanol–water partition coefficient (Wildman–Crippen LogP) is 13.0. The van der Waals surface area contributed by atoms with Gasteiger partial charge in [0.1, 0.15) is 22.3 Å². The van der Waals surface area contributed by atoms with E-state index < -0.39 is 0 Å². The van der Waals surface area contributed by atoms with Crippen molar-refractivity contribution in [2.45, 2.75) is 19.3 Å².